The summed E-state index contributed by atoms with van der Waals surface area (Å²) >= 11 is 0. The Morgan fingerprint density at radius 2 is 2.00 bits per heavy atom. The van der Waals surface area contributed by atoms with Crippen molar-refractivity contribution in [2.45, 2.75) is 39.5 Å². The van der Waals surface area contributed by atoms with Crippen LogP contribution in [0.4, 0.5) is 0 Å². The average molecular weight is 186 g/mol. The first-order chi connectivity index (χ1) is 6.02. The number of rotatable bonds is 1. The van der Waals surface area contributed by atoms with Crippen LogP contribution >= 0.6 is 0 Å². The van der Waals surface area contributed by atoms with E-state index in [0.29, 0.717) is 17.7 Å². The summed E-state index contributed by atoms with van der Waals surface area (Å²) < 4.78 is 3.86. The molecule has 3 nitrogen and oxygen atoms in total. The summed E-state index contributed by atoms with van der Waals surface area (Å²) in [4.78, 5) is 19.8. The summed E-state index contributed by atoms with van der Waals surface area (Å²) in [5, 5.41) is 0. The van der Waals surface area contributed by atoms with Gasteiger partial charge < -0.3 is 4.74 Å². The number of carbonyl (C=O) groups excluding carboxylic acids is 2. The number of Topliss-reactive ketones (excluding diaryl/α,β-unsaturated/α-hetero) is 1. The van der Waals surface area contributed by atoms with Crippen molar-refractivity contribution in [2.24, 2.45) is 5.41 Å². The van der Waals surface area contributed by atoms with E-state index >= 15 is 0 Å². The van der Waals surface area contributed by atoms with E-state index in [-0.39, 0.29) is 0 Å². The molecule has 0 heterocycles. The van der Waals surface area contributed by atoms with Gasteiger partial charge in [-0.2, -0.15) is 0 Å². The highest BCUT2D eigenvalue weighted by Gasteiger charge is 2.25. The van der Waals surface area contributed by atoms with Crippen LogP contribution in [0.5, 0.6) is 0 Å². The Morgan fingerprint density at radius 3 is 2.23 bits per heavy atom. The van der Waals surface area contributed by atoms with Crippen LogP contribution in [0, 0.1) is 5.41 Å². The number of hydrogen-bond acceptors (Lipinski definition) is 3. The molecule has 0 N–H and O–H groups in total. The van der Waals surface area contributed by atoms with Crippen LogP contribution in [0.3, 0.4) is 0 Å². The van der Waals surface area contributed by atoms with Crippen molar-refractivity contribution < 1.29 is 14.3 Å². The summed E-state index contributed by atoms with van der Waals surface area (Å²) in [6.45, 7) is 4.72. The lowest BCUT2D eigenvalue weighted by Gasteiger charge is -2.27. The van der Waals surface area contributed by atoms with Crippen LogP contribution in [-0.2, 0) is 14.3 Å². The predicted molar refractivity (Wildman–Crippen MR) is 50.3 cm³/mol. The molecule has 0 amide bonds. The Balaban J connectivity index is 0.000000310. The van der Waals surface area contributed by atoms with Crippen LogP contribution in [0.25, 0.3) is 0 Å². The summed E-state index contributed by atoms with van der Waals surface area (Å²) in [5.74, 6) is 0.450. The van der Waals surface area contributed by atoms with Gasteiger partial charge in [0.25, 0.3) is 6.47 Å². The topological polar surface area (TPSA) is 43.4 Å². The third-order valence-corrected chi connectivity index (χ3v) is 2.08. The second-order valence-electron chi connectivity index (χ2n) is 4.07. The third-order valence-electron chi connectivity index (χ3n) is 2.08. The molecule has 0 radical (unpaired) electrons. The molecule has 1 saturated carbocycles. The molecule has 1 fully saturated rings. The van der Waals surface area contributed by atoms with Crippen LogP contribution in [0.1, 0.15) is 39.5 Å². The van der Waals surface area contributed by atoms with Gasteiger partial charge >= 0.3 is 0 Å². The lowest BCUT2D eigenvalue weighted by atomic mass is 9.77. The quantitative estimate of drug-likeness (QED) is 0.588. The average Bonchev–Trinajstić information content (AvgIpc) is 2.02. The Morgan fingerprint density at radius 1 is 1.46 bits per heavy atom. The SMILES string of the molecule is CC1(C)CCCC(=O)C1.COC=O. The molecular weight excluding hydrogens is 168 g/mol. The fraction of sp³-hybridized carbons (Fsp3) is 0.800. The summed E-state index contributed by atoms with van der Waals surface area (Å²) in [6, 6.07) is 0. The first-order valence-electron chi connectivity index (χ1n) is 4.50. The number of ether oxygens (including phenoxy) is 1. The largest absolute Gasteiger partial charge is 0.471 e. The Kier molecular flexibility index (Phi) is 5.35. The monoisotopic (exact) mass is 186 g/mol. The van der Waals surface area contributed by atoms with Crippen LogP contribution in [-0.4, -0.2) is 19.4 Å². The zero-order valence-corrected chi connectivity index (χ0v) is 8.63. The van der Waals surface area contributed by atoms with Crippen LogP contribution in [0.15, 0.2) is 0 Å². The summed E-state index contributed by atoms with van der Waals surface area (Å²) in [5.41, 5.74) is 0.301. The molecule has 0 aliphatic heterocycles. The van der Waals surface area contributed by atoms with E-state index in [1.807, 2.05) is 0 Å². The van der Waals surface area contributed by atoms with Crippen molar-refractivity contribution in [2.75, 3.05) is 7.11 Å². The lowest BCUT2D eigenvalue weighted by Crippen LogP contribution is -2.21. The van der Waals surface area contributed by atoms with Gasteiger partial charge in [0.1, 0.15) is 5.78 Å². The van der Waals surface area contributed by atoms with E-state index in [4.69, 9.17) is 4.79 Å². The van der Waals surface area contributed by atoms with Crippen LogP contribution in [0.2, 0.25) is 0 Å². The highest BCUT2D eigenvalue weighted by Crippen LogP contribution is 2.32. The number of ketones is 1. The minimum Gasteiger partial charge on any atom is -0.471 e. The molecule has 0 atom stereocenters. The third kappa shape index (κ3) is 6.31. The first-order valence-corrected chi connectivity index (χ1v) is 4.50. The molecule has 3 heteroatoms. The van der Waals surface area contributed by atoms with Crippen molar-refractivity contribution in [1.29, 1.82) is 0 Å². The van der Waals surface area contributed by atoms with E-state index in [2.05, 4.69) is 18.6 Å². The van der Waals surface area contributed by atoms with E-state index < -0.39 is 0 Å². The molecule has 0 saturated heterocycles. The van der Waals surface area contributed by atoms with Crippen molar-refractivity contribution in [3.8, 4) is 0 Å². The molecule has 0 aromatic heterocycles. The maximum Gasteiger partial charge on any atom is 0.292 e. The van der Waals surface area contributed by atoms with Gasteiger partial charge in [0.2, 0.25) is 0 Å². The molecule has 1 aliphatic rings. The molecule has 0 unspecified atom stereocenters. The molecule has 76 valence electrons. The molecule has 0 aromatic carbocycles. The fourth-order valence-electron chi connectivity index (χ4n) is 1.47. The van der Waals surface area contributed by atoms with Gasteiger partial charge in [0.15, 0.2) is 0 Å². The van der Waals surface area contributed by atoms with Gasteiger partial charge in [-0.1, -0.05) is 13.8 Å². The Labute approximate surface area is 79.5 Å². The van der Waals surface area contributed by atoms with E-state index in [1.54, 1.807) is 0 Å². The molecule has 13 heavy (non-hydrogen) atoms. The maximum atomic E-state index is 10.9. The Hall–Kier alpha value is -0.860. The zero-order valence-electron chi connectivity index (χ0n) is 8.63. The van der Waals surface area contributed by atoms with E-state index in [9.17, 15) is 4.79 Å². The number of hydrogen-bond donors (Lipinski definition) is 0. The van der Waals surface area contributed by atoms with Crippen LogP contribution < -0.4 is 0 Å². The lowest BCUT2D eigenvalue weighted by molar-refractivity contribution is -0.126. The van der Waals surface area contributed by atoms with Gasteiger partial charge in [-0.05, 0) is 18.3 Å². The van der Waals surface area contributed by atoms with Gasteiger partial charge in [0.05, 0.1) is 7.11 Å². The first kappa shape index (κ1) is 12.1. The molecular formula is C10H18O3. The van der Waals surface area contributed by atoms with Crippen molar-refractivity contribution in [3.63, 3.8) is 0 Å². The highest BCUT2D eigenvalue weighted by atomic mass is 16.5. The summed E-state index contributed by atoms with van der Waals surface area (Å²) in [6.07, 6.45) is 3.95. The van der Waals surface area contributed by atoms with Crippen molar-refractivity contribution in [3.05, 3.63) is 0 Å². The maximum absolute atomic E-state index is 10.9. The minimum atomic E-state index is 0.301. The van der Waals surface area contributed by atoms with Crippen molar-refractivity contribution in [1.82, 2.24) is 0 Å². The predicted octanol–water partition coefficient (Wildman–Crippen LogP) is 1.94. The molecule has 0 bridgehead atoms. The highest BCUT2D eigenvalue weighted by molar-refractivity contribution is 5.79. The van der Waals surface area contributed by atoms with Crippen molar-refractivity contribution >= 4 is 12.3 Å². The molecule has 0 spiro atoms. The zero-order chi connectivity index (χ0) is 10.3. The van der Waals surface area contributed by atoms with Gasteiger partial charge in [-0.15, -0.1) is 0 Å². The molecule has 0 aromatic rings. The second-order valence-corrected chi connectivity index (χ2v) is 4.07. The van der Waals surface area contributed by atoms with Gasteiger partial charge in [-0.3, -0.25) is 9.59 Å². The van der Waals surface area contributed by atoms with E-state index in [1.165, 1.54) is 13.5 Å². The van der Waals surface area contributed by atoms with Gasteiger partial charge in [0, 0.05) is 12.8 Å². The van der Waals surface area contributed by atoms with E-state index in [0.717, 1.165) is 19.3 Å². The smallest absolute Gasteiger partial charge is 0.292 e. The number of methoxy groups -OCH3 is 1. The second kappa shape index (κ2) is 5.73. The standard InChI is InChI=1S/C8H14O.C2H4O2/c1-8(2)5-3-4-7(9)6-8;1-4-2-3/h3-6H2,1-2H3;2H,1H3. The number of carbonyl (C=O) groups is 2. The fourth-order valence-corrected chi connectivity index (χ4v) is 1.47. The minimum absolute atomic E-state index is 0.301. The molecule has 1 rings (SSSR count). The van der Waals surface area contributed by atoms with Gasteiger partial charge in [-0.25, -0.2) is 0 Å². The molecule has 1 aliphatic carbocycles. The summed E-state index contributed by atoms with van der Waals surface area (Å²) in [7, 11) is 1.31. The normalized spacial score (nSPS) is 19.8. The Bertz CT molecular complexity index is 173.